The lowest BCUT2D eigenvalue weighted by atomic mass is 9.99. The fraction of sp³-hybridized carbons (Fsp3) is 0.435. The Morgan fingerprint density at radius 3 is 2.30 bits per heavy atom. The molecule has 0 spiro atoms. The van der Waals surface area contributed by atoms with Crippen LogP contribution in [-0.4, -0.2) is 54.3 Å². The summed E-state index contributed by atoms with van der Waals surface area (Å²) in [6.45, 7) is 5.74. The van der Waals surface area contributed by atoms with Crippen molar-refractivity contribution >= 4 is 17.7 Å². The van der Waals surface area contributed by atoms with E-state index in [0.29, 0.717) is 40.6 Å². The SMILES string of the molecule is COC(=O)c1[nH]c(C)c(C(=O)C(C)N(CC2CC2)C(=O)c2ccc(OC)cc2)c1C. The van der Waals surface area contributed by atoms with Crippen LogP contribution < -0.4 is 4.74 Å². The summed E-state index contributed by atoms with van der Waals surface area (Å²) < 4.78 is 9.96. The number of ether oxygens (including phenoxy) is 2. The molecule has 7 heteroatoms. The molecule has 0 aliphatic heterocycles. The second-order valence-corrected chi connectivity index (χ2v) is 7.79. The van der Waals surface area contributed by atoms with Gasteiger partial charge in [-0.05, 0) is 69.4 Å². The molecule has 1 N–H and O–H groups in total. The van der Waals surface area contributed by atoms with Gasteiger partial charge in [0.1, 0.15) is 11.4 Å². The Hall–Kier alpha value is -3.09. The third-order valence-electron chi connectivity index (χ3n) is 5.67. The Bertz CT molecular complexity index is 957. The van der Waals surface area contributed by atoms with Gasteiger partial charge in [0.25, 0.3) is 5.91 Å². The Labute approximate surface area is 176 Å². The molecule has 7 nitrogen and oxygen atoms in total. The number of rotatable bonds is 8. The van der Waals surface area contributed by atoms with Crippen LogP contribution in [0.2, 0.25) is 0 Å². The molecule has 1 saturated carbocycles. The predicted molar refractivity (Wildman–Crippen MR) is 112 cm³/mol. The third kappa shape index (κ3) is 4.25. The van der Waals surface area contributed by atoms with E-state index < -0.39 is 12.0 Å². The standard InChI is InChI=1S/C23H28N2O5/c1-13-19(14(2)24-20(13)23(28)30-5)21(26)15(3)25(12-16-6-7-16)22(27)17-8-10-18(29-4)11-9-17/h8-11,15-16,24H,6-7,12H2,1-5H3. The van der Waals surface area contributed by atoms with E-state index in [1.165, 1.54) is 7.11 Å². The Balaban J connectivity index is 1.90. The second-order valence-electron chi connectivity index (χ2n) is 7.79. The van der Waals surface area contributed by atoms with E-state index in [-0.39, 0.29) is 17.4 Å². The minimum Gasteiger partial charge on any atom is -0.497 e. The Morgan fingerprint density at radius 2 is 1.77 bits per heavy atom. The molecule has 3 rings (SSSR count). The molecular formula is C23H28N2O5. The molecule has 2 aromatic rings. The maximum atomic E-state index is 13.4. The number of benzene rings is 1. The van der Waals surface area contributed by atoms with E-state index in [4.69, 9.17) is 9.47 Å². The number of aromatic amines is 1. The highest BCUT2D eigenvalue weighted by Gasteiger charge is 2.35. The van der Waals surface area contributed by atoms with Crippen LogP contribution in [0.25, 0.3) is 0 Å². The lowest BCUT2D eigenvalue weighted by Gasteiger charge is -2.29. The smallest absolute Gasteiger partial charge is 0.354 e. The van der Waals surface area contributed by atoms with Crippen LogP contribution in [0.5, 0.6) is 5.75 Å². The highest BCUT2D eigenvalue weighted by atomic mass is 16.5. The lowest BCUT2D eigenvalue weighted by Crippen LogP contribution is -2.44. The molecular weight excluding hydrogens is 384 g/mol. The highest BCUT2D eigenvalue weighted by molar-refractivity contribution is 6.07. The van der Waals surface area contributed by atoms with Gasteiger partial charge in [-0.25, -0.2) is 4.79 Å². The van der Waals surface area contributed by atoms with Crippen molar-refractivity contribution in [2.45, 2.75) is 39.7 Å². The molecule has 1 atom stereocenters. The molecule has 1 amide bonds. The van der Waals surface area contributed by atoms with Gasteiger partial charge in [-0.1, -0.05) is 0 Å². The molecule has 1 aliphatic rings. The number of nitrogens with one attached hydrogen (secondary N) is 1. The zero-order valence-corrected chi connectivity index (χ0v) is 18.1. The first-order valence-corrected chi connectivity index (χ1v) is 10.0. The van der Waals surface area contributed by atoms with Gasteiger partial charge in [0.05, 0.1) is 20.3 Å². The number of carbonyl (C=O) groups is 3. The number of carbonyl (C=O) groups excluding carboxylic acids is 3. The number of ketones is 1. The lowest BCUT2D eigenvalue weighted by molar-refractivity contribution is 0.0592. The van der Waals surface area contributed by atoms with E-state index in [0.717, 1.165) is 12.8 Å². The number of hydrogen-bond donors (Lipinski definition) is 1. The van der Waals surface area contributed by atoms with Crippen LogP contribution in [0, 0.1) is 19.8 Å². The number of amides is 1. The van der Waals surface area contributed by atoms with Crippen molar-refractivity contribution in [1.29, 1.82) is 0 Å². The number of hydrogen-bond acceptors (Lipinski definition) is 5. The van der Waals surface area contributed by atoms with Crippen LogP contribution >= 0.6 is 0 Å². The van der Waals surface area contributed by atoms with Crippen molar-refractivity contribution in [3.05, 3.63) is 52.3 Å². The molecule has 30 heavy (non-hydrogen) atoms. The van der Waals surface area contributed by atoms with Crippen molar-refractivity contribution in [3.8, 4) is 5.75 Å². The molecule has 1 aliphatic carbocycles. The minimum atomic E-state index is -0.668. The number of H-pyrrole nitrogens is 1. The van der Waals surface area contributed by atoms with Crippen LogP contribution in [-0.2, 0) is 4.74 Å². The predicted octanol–water partition coefficient (Wildman–Crippen LogP) is 3.55. The summed E-state index contributed by atoms with van der Waals surface area (Å²) in [4.78, 5) is 43.3. The first-order valence-electron chi connectivity index (χ1n) is 10.0. The third-order valence-corrected chi connectivity index (χ3v) is 5.67. The van der Waals surface area contributed by atoms with Crippen molar-refractivity contribution in [3.63, 3.8) is 0 Å². The largest absolute Gasteiger partial charge is 0.497 e. The molecule has 160 valence electrons. The van der Waals surface area contributed by atoms with E-state index >= 15 is 0 Å². The molecule has 1 unspecified atom stereocenters. The first-order chi connectivity index (χ1) is 14.3. The fourth-order valence-corrected chi connectivity index (χ4v) is 3.67. The summed E-state index contributed by atoms with van der Waals surface area (Å²) in [5.41, 5.74) is 2.34. The van der Waals surface area contributed by atoms with Gasteiger partial charge >= 0.3 is 5.97 Å². The summed E-state index contributed by atoms with van der Waals surface area (Å²) in [7, 11) is 2.87. The molecule has 1 fully saturated rings. The monoisotopic (exact) mass is 412 g/mol. The number of aryl methyl sites for hydroxylation is 1. The number of Topliss-reactive ketones (excluding diaryl/α,β-unsaturated/α-hetero) is 1. The molecule has 0 saturated heterocycles. The van der Waals surface area contributed by atoms with Crippen molar-refractivity contribution in [2.75, 3.05) is 20.8 Å². The van der Waals surface area contributed by atoms with Gasteiger partial charge in [0.15, 0.2) is 5.78 Å². The van der Waals surface area contributed by atoms with E-state index in [1.807, 2.05) is 0 Å². The number of aromatic nitrogens is 1. The van der Waals surface area contributed by atoms with Crippen LogP contribution in [0.1, 0.15) is 62.2 Å². The summed E-state index contributed by atoms with van der Waals surface area (Å²) in [6.07, 6.45) is 2.12. The van der Waals surface area contributed by atoms with Crippen molar-refractivity contribution in [2.24, 2.45) is 5.92 Å². The normalized spacial score (nSPS) is 14.2. The highest BCUT2D eigenvalue weighted by Crippen LogP contribution is 2.32. The molecule has 1 aromatic carbocycles. The summed E-state index contributed by atoms with van der Waals surface area (Å²) >= 11 is 0. The van der Waals surface area contributed by atoms with Crippen LogP contribution in [0.15, 0.2) is 24.3 Å². The minimum absolute atomic E-state index is 0.190. The van der Waals surface area contributed by atoms with Gasteiger partial charge in [-0.15, -0.1) is 0 Å². The van der Waals surface area contributed by atoms with Gasteiger partial charge < -0.3 is 19.4 Å². The summed E-state index contributed by atoms with van der Waals surface area (Å²) in [5, 5.41) is 0. The van der Waals surface area contributed by atoms with Crippen molar-refractivity contribution in [1.82, 2.24) is 9.88 Å². The van der Waals surface area contributed by atoms with Gasteiger partial charge in [0.2, 0.25) is 0 Å². The fourth-order valence-electron chi connectivity index (χ4n) is 3.67. The van der Waals surface area contributed by atoms with Crippen LogP contribution in [0.4, 0.5) is 0 Å². The maximum Gasteiger partial charge on any atom is 0.354 e. The van der Waals surface area contributed by atoms with E-state index in [1.54, 1.807) is 57.0 Å². The topological polar surface area (TPSA) is 88.7 Å². The van der Waals surface area contributed by atoms with Gasteiger partial charge in [0, 0.05) is 23.4 Å². The quantitative estimate of drug-likeness (QED) is 0.529. The van der Waals surface area contributed by atoms with Crippen molar-refractivity contribution < 1.29 is 23.9 Å². The molecule has 1 aromatic heterocycles. The maximum absolute atomic E-state index is 13.4. The van der Waals surface area contributed by atoms with Gasteiger partial charge in [-0.2, -0.15) is 0 Å². The average molecular weight is 412 g/mol. The number of esters is 1. The number of methoxy groups -OCH3 is 2. The molecule has 0 bridgehead atoms. The average Bonchev–Trinajstić information content (AvgIpc) is 3.53. The Kier molecular flexibility index (Phi) is 6.29. The molecule has 1 heterocycles. The molecule has 0 radical (unpaired) electrons. The first kappa shape index (κ1) is 21.6. The van der Waals surface area contributed by atoms with Gasteiger partial charge in [-0.3, -0.25) is 9.59 Å². The zero-order chi connectivity index (χ0) is 22.0. The van der Waals surface area contributed by atoms with E-state index in [2.05, 4.69) is 4.98 Å². The second kappa shape index (κ2) is 8.73. The number of nitrogens with zero attached hydrogens (tertiary/aromatic N) is 1. The summed E-state index contributed by atoms with van der Waals surface area (Å²) in [6, 6.07) is 6.22. The zero-order valence-electron chi connectivity index (χ0n) is 18.1. The van der Waals surface area contributed by atoms with Crippen LogP contribution in [0.3, 0.4) is 0 Å². The Morgan fingerprint density at radius 1 is 1.13 bits per heavy atom. The summed E-state index contributed by atoms with van der Waals surface area (Å²) in [5.74, 6) is 0.176. The van der Waals surface area contributed by atoms with E-state index in [9.17, 15) is 14.4 Å².